The van der Waals surface area contributed by atoms with E-state index < -0.39 is 0 Å². The lowest BCUT2D eigenvalue weighted by Gasteiger charge is -2.12. The van der Waals surface area contributed by atoms with Crippen LogP contribution in [0.1, 0.15) is 6.42 Å². The lowest BCUT2D eigenvalue weighted by Crippen LogP contribution is -2.22. The molecule has 4 heteroatoms. The van der Waals surface area contributed by atoms with Crippen molar-refractivity contribution in [2.24, 2.45) is 0 Å². The second-order valence-electron chi connectivity index (χ2n) is 3.58. The highest BCUT2D eigenvalue weighted by Gasteiger charge is 2.24. The Morgan fingerprint density at radius 3 is 3.07 bits per heavy atom. The number of carbonyl (C=O) groups is 1. The third-order valence-electron chi connectivity index (χ3n) is 2.39. The summed E-state index contributed by atoms with van der Waals surface area (Å²) in [7, 11) is 0. The third-order valence-corrected chi connectivity index (χ3v) is 2.62. The molecule has 3 nitrogen and oxygen atoms in total. The molecule has 0 bridgehead atoms. The molecule has 1 saturated heterocycles. The number of ether oxygens (including phenoxy) is 1. The van der Waals surface area contributed by atoms with E-state index in [1.54, 1.807) is 12.1 Å². The van der Waals surface area contributed by atoms with Gasteiger partial charge in [0.15, 0.2) is 0 Å². The summed E-state index contributed by atoms with van der Waals surface area (Å²) in [6, 6.07) is 7.21. The standard InChI is InChI=1S/C11H12ClNO2/c12-8-2-1-3-10(4-8)15-11-5-9(7-14)13-6-11/h1-4,7,9,11,13H,5-6H2/t9-,11-/m0/s1. The Hall–Kier alpha value is -1.06. The van der Waals surface area contributed by atoms with Gasteiger partial charge in [-0.1, -0.05) is 17.7 Å². The van der Waals surface area contributed by atoms with E-state index in [0.29, 0.717) is 11.6 Å². The summed E-state index contributed by atoms with van der Waals surface area (Å²) in [5, 5.41) is 3.72. The molecule has 1 N–H and O–H groups in total. The van der Waals surface area contributed by atoms with Gasteiger partial charge in [-0.05, 0) is 18.2 Å². The topological polar surface area (TPSA) is 38.3 Å². The number of hydrogen-bond donors (Lipinski definition) is 1. The van der Waals surface area contributed by atoms with Crippen LogP contribution in [-0.2, 0) is 4.79 Å². The Kier molecular flexibility index (Phi) is 3.23. The molecule has 0 aromatic heterocycles. The molecule has 2 rings (SSSR count). The Morgan fingerprint density at radius 1 is 1.53 bits per heavy atom. The number of halogens is 1. The van der Waals surface area contributed by atoms with Crippen molar-refractivity contribution in [3.63, 3.8) is 0 Å². The van der Waals surface area contributed by atoms with Crippen LogP contribution in [0.15, 0.2) is 24.3 Å². The number of nitrogens with one attached hydrogen (secondary N) is 1. The minimum atomic E-state index is -0.0748. The molecule has 0 unspecified atom stereocenters. The smallest absolute Gasteiger partial charge is 0.137 e. The van der Waals surface area contributed by atoms with Crippen LogP contribution < -0.4 is 10.1 Å². The summed E-state index contributed by atoms with van der Waals surface area (Å²) in [5.74, 6) is 0.751. The van der Waals surface area contributed by atoms with Crippen LogP contribution in [0.5, 0.6) is 5.75 Å². The molecule has 15 heavy (non-hydrogen) atoms. The SMILES string of the molecule is O=C[C@@H]1C[C@H](Oc2cccc(Cl)c2)CN1. The van der Waals surface area contributed by atoms with Crippen molar-refractivity contribution in [1.82, 2.24) is 5.32 Å². The molecule has 1 aliphatic rings. The van der Waals surface area contributed by atoms with Gasteiger partial charge in [0.05, 0.1) is 6.04 Å². The largest absolute Gasteiger partial charge is 0.489 e. The number of rotatable bonds is 3. The molecule has 0 radical (unpaired) electrons. The van der Waals surface area contributed by atoms with Crippen LogP contribution in [0.4, 0.5) is 0 Å². The summed E-state index contributed by atoms with van der Waals surface area (Å²) in [6.07, 6.45) is 1.69. The van der Waals surface area contributed by atoms with Gasteiger partial charge in [-0.25, -0.2) is 0 Å². The Labute approximate surface area is 93.4 Å². The van der Waals surface area contributed by atoms with Crippen molar-refractivity contribution in [1.29, 1.82) is 0 Å². The second kappa shape index (κ2) is 4.64. The van der Waals surface area contributed by atoms with Crippen molar-refractivity contribution in [2.75, 3.05) is 6.54 Å². The Balaban J connectivity index is 1.95. The van der Waals surface area contributed by atoms with Gasteiger partial charge in [-0.15, -0.1) is 0 Å². The zero-order chi connectivity index (χ0) is 10.7. The first kappa shape index (κ1) is 10.5. The van der Waals surface area contributed by atoms with Crippen LogP contribution in [0, 0.1) is 0 Å². The van der Waals surface area contributed by atoms with Crippen LogP contribution in [0.2, 0.25) is 5.02 Å². The van der Waals surface area contributed by atoms with Gasteiger partial charge in [0.25, 0.3) is 0 Å². The van der Waals surface area contributed by atoms with Crippen molar-refractivity contribution in [3.8, 4) is 5.75 Å². The van der Waals surface area contributed by atoms with E-state index >= 15 is 0 Å². The fraction of sp³-hybridized carbons (Fsp3) is 0.364. The van der Waals surface area contributed by atoms with Gasteiger partial charge in [0.2, 0.25) is 0 Å². The fourth-order valence-electron chi connectivity index (χ4n) is 1.66. The summed E-state index contributed by atoms with van der Waals surface area (Å²) >= 11 is 5.83. The molecule has 1 aromatic carbocycles. The van der Waals surface area contributed by atoms with Crippen LogP contribution >= 0.6 is 11.6 Å². The molecular weight excluding hydrogens is 214 g/mol. The van der Waals surface area contributed by atoms with E-state index in [-0.39, 0.29) is 12.1 Å². The minimum Gasteiger partial charge on any atom is -0.489 e. The first-order valence-electron chi connectivity index (χ1n) is 4.89. The predicted octanol–water partition coefficient (Wildman–Crippen LogP) is 1.65. The van der Waals surface area contributed by atoms with Gasteiger partial charge in [-0.2, -0.15) is 0 Å². The van der Waals surface area contributed by atoms with E-state index in [9.17, 15) is 4.79 Å². The molecule has 1 aromatic rings. The van der Waals surface area contributed by atoms with Crippen molar-refractivity contribution in [3.05, 3.63) is 29.3 Å². The van der Waals surface area contributed by atoms with Gasteiger partial charge in [-0.3, -0.25) is 0 Å². The average molecular weight is 226 g/mol. The van der Waals surface area contributed by atoms with E-state index in [2.05, 4.69) is 5.32 Å². The van der Waals surface area contributed by atoms with Crippen molar-refractivity contribution < 1.29 is 9.53 Å². The number of hydrogen-bond acceptors (Lipinski definition) is 3. The fourth-order valence-corrected chi connectivity index (χ4v) is 1.84. The molecule has 80 valence electrons. The van der Waals surface area contributed by atoms with Gasteiger partial charge in [0, 0.05) is 18.0 Å². The van der Waals surface area contributed by atoms with E-state index in [0.717, 1.165) is 18.5 Å². The summed E-state index contributed by atoms with van der Waals surface area (Å²) < 4.78 is 5.68. The lowest BCUT2D eigenvalue weighted by molar-refractivity contribution is -0.109. The Morgan fingerprint density at radius 2 is 2.40 bits per heavy atom. The third kappa shape index (κ3) is 2.70. The number of benzene rings is 1. The highest BCUT2D eigenvalue weighted by molar-refractivity contribution is 6.30. The Bertz CT molecular complexity index is 356. The van der Waals surface area contributed by atoms with E-state index in [1.165, 1.54) is 0 Å². The number of carbonyl (C=O) groups excluding carboxylic acids is 1. The molecule has 0 amide bonds. The highest BCUT2D eigenvalue weighted by Crippen LogP contribution is 2.20. The lowest BCUT2D eigenvalue weighted by atomic mass is 10.2. The van der Waals surface area contributed by atoms with Crippen LogP contribution in [0.25, 0.3) is 0 Å². The zero-order valence-electron chi connectivity index (χ0n) is 8.15. The van der Waals surface area contributed by atoms with Crippen molar-refractivity contribution >= 4 is 17.9 Å². The summed E-state index contributed by atoms with van der Waals surface area (Å²) in [6.45, 7) is 0.704. The van der Waals surface area contributed by atoms with E-state index in [4.69, 9.17) is 16.3 Å². The first-order valence-corrected chi connectivity index (χ1v) is 5.26. The maximum absolute atomic E-state index is 10.5. The zero-order valence-corrected chi connectivity index (χ0v) is 8.91. The molecule has 1 aliphatic heterocycles. The molecule has 2 atom stereocenters. The number of aldehydes is 1. The first-order chi connectivity index (χ1) is 7.28. The average Bonchev–Trinajstić information content (AvgIpc) is 2.65. The maximum Gasteiger partial charge on any atom is 0.137 e. The summed E-state index contributed by atoms with van der Waals surface area (Å²) in [4.78, 5) is 10.5. The van der Waals surface area contributed by atoms with Crippen molar-refractivity contribution in [2.45, 2.75) is 18.6 Å². The van der Waals surface area contributed by atoms with Crippen LogP contribution in [0.3, 0.4) is 0 Å². The monoisotopic (exact) mass is 225 g/mol. The second-order valence-corrected chi connectivity index (χ2v) is 4.02. The molecule has 1 fully saturated rings. The normalized spacial score (nSPS) is 25.1. The summed E-state index contributed by atoms with van der Waals surface area (Å²) in [5.41, 5.74) is 0. The minimum absolute atomic E-state index is 0.0543. The molecule has 0 saturated carbocycles. The highest BCUT2D eigenvalue weighted by atomic mass is 35.5. The molecule has 1 heterocycles. The molecular formula is C11H12ClNO2. The molecule has 0 spiro atoms. The predicted molar refractivity (Wildman–Crippen MR) is 58.3 cm³/mol. The quantitative estimate of drug-likeness (QED) is 0.795. The van der Waals surface area contributed by atoms with Gasteiger partial charge < -0.3 is 14.8 Å². The van der Waals surface area contributed by atoms with Gasteiger partial charge in [0.1, 0.15) is 18.1 Å². The van der Waals surface area contributed by atoms with Crippen LogP contribution in [-0.4, -0.2) is 25.0 Å². The molecule has 0 aliphatic carbocycles. The van der Waals surface area contributed by atoms with Gasteiger partial charge >= 0.3 is 0 Å². The maximum atomic E-state index is 10.5. The van der Waals surface area contributed by atoms with E-state index in [1.807, 2.05) is 12.1 Å².